The molecule has 1 saturated heterocycles. The summed E-state index contributed by atoms with van der Waals surface area (Å²) in [5.74, 6) is 1.55. The zero-order chi connectivity index (χ0) is 14.0. The van der Waals surface area contributed by atoms with Crippen molar-refractivity contribution in [2.24, 2.45) is 0 Å². The molecule has 2 heterocycles. The van der Waals surface area contributed by atoms with Crippen LogP contribution < -0.4 is 0 Å². The van der Waals surface area contributed by atoms with Crippen molar-refractivity contribution in [3.8, 4) is 0 Å². The maximum Gasteiger partial charge on any atom is 0.289 e. The average Bonchev–Trinajstić information content (AvgIpc) is 2.81. The van der Waals surface area contributed by atoms with Gasteiger partial charge >= 0.3 is 0 Å². The Morgan fingerprint density at radius 1 is 1.63 bits per heavy atom. The number of amides is 1. The molecule has 1 amide bonds. The van der Waals surface area contributed by atoms with E-state index in [1.807, 2.05) is 6.26 Å². The molecule has 1 aromatic rings. The second-order valence-electron chi connectivity index (χ2n) is 5.07. The lowest BCUT2D eigenvalue weighted by Gasteiger charge is -2.39. The Balaban J connectivity index is 2.03. The summed E-state index contributed by atoms with van der Waals surface area (Å²) in [6.45, 7) is 2.13. The van der Waals surface area contributed by atoms with Gasteiger partial charge in [0.25, 0.3) is 5.91 Å². The van der Waals surface area contributed by atoms with Crippen LogP contribution in [0.2, 0.25) is 0 Å². The van der Waals surface area contributed by atoms with Crippen molar-refractivity contribution < 1.29 is 19.4 Å². The van der Waals surface area contributed by atoms with Crippen LogP contribution in [0.4, 0.5) is 0 Å². The van der Waals surface area contributed by atoms with E-state index in [9.17, 15) is 15.0 Å². The molecule has 1 aromatic heterocycles. The lowest BCUT2D eigenvalue weighted by atomic mass is 9.91. The number of thioether (sulfide) groups is 1. The highest BCUT2D eigenvalue weighted by molar-refractivity contribution is 7.97. The molecule has 0 radical (unpaired) electrons. The standard InChI is InChI=1S/C13H19NO4S/c1-13(17)5-6-14(7-11(13)15)12(16)10-4-3-9(18-10)8-19-2/h3-4,11,15,17H,5-8H2,1-2H3/t11-,13+/m0/s1. The van der Waals surface area contributed by atoms with Gasteiger partial charge in [-0.25, -0.2) is 0 Å². The molecule has 5 nitrogen and oxygen atoms in total. The number of hydrogen-bond donors (Lipinski definition) is 2. The Morgan fingerprint density at radius 3 is 3.00 bits per heavy atom. The molecule has 1 aliphatic heterocycles. The van der Waals surface area contributed by atoms with E-state index in [-0.39, 0.29) is 18.2 Å². The molecule has 0 unspecified atom stereocenters. The number of aliphatic hydroxyl groups is 2. The van der Waals surface area contributed by atoms with E-state index in [1.165, 1.54) is 4.90 Å². The molecule has 0 spiro atoms. The fraction of sp³-hybridized carbons (Fsp3) is 0.615. The molecule has 1 fully saturated rings. The van der Waals surface area contributed by atoms with Gasteiger partial charge in [-0.15, -0.1) is 0 Å². The average molecular weight is 285 g/mol. The minimum atomic E-state index is -1.12. The largest absolute Gasteiger partial charge is 0.455 e. The third-order valence-electron chi connectivity index (χ3n) is 3.45. The van der Waals surface area contributed by atoms with Crippen molar-refractivity contribution in [3.63, 3.8) is 0 Å². The number of aliphatic hydroxyl groups excluding tert-OH is 1. The van der Waals surface area contributed by atoms with Gasteiger partial charge < -0.3 is 19.5 Å². The third-order valence-corrected chi connectivity index (χ3v) is 4.02. The van der Waals surface area contributed by atoms with Crippen LogP contribution in [0, 0.1) is 0 Å². The summed E-state index contributed by atoms with van der Waals surface area (Å²) in [4.78, 5) is 13.7. The van der Waals surface area contributed by atoms with Crippen molar-refractivity contribution in [1.82, 2.24) is 4.90 Å². The Morgan fingerprint density at radius 2 is 2.37 bits per heavy atom. The molecule has 2 atom stereocenters. The minimum Gasteiger partial charge on any atom is -0.455 e. The van der Waals surface area contributed by atoms with Crippen molar-refractivity contribution in [1.29, 1.82) is 0 Å². The summed E-state index contributed by atoms with van der Waals surface area (Å²) in [7, 11) is 0. The second-order valence-corrected chi connectivity index (χ2v) is 5.94. The molecule has 0 aliphatic carbocycles. The molecule has 0 saturated carbocycles. The first-order chi connectivity index (χ1) is 8.94. The normalized spacial score (nSPS) is 27.6. The fourth-order valence-corrected chi connectivity index (χ4v) is 2.52. The Bertz CT molecular complexity index is 457. The smallest absolute Gasteiger partial charge is 0.289 e. The number of furan rings is 1. The van der Waals surface area contributed by atoms with Gasteiger partial charge in [0.05, 0.1) is 17.5 Å². The highest BCUT2D eigenvalue weighted by atomic mass is 32.2. The third kappa shape index (κ3) is 3.13. The summed E-state index contributed by atoms with van der Waals surface area (Å²) < 4.78 is 5.47. The van der Waals surface area contributed by atoms with Crippen LogP contribution in [0.25, 0.3) is 0 Å². The maximum atomic E-state index is 12.2. The van der Waals surface area contributed by atoms with Crippen LogP contribution in [0.1, 0.15) is 29.7 Å². The zero-order valence-corrected chi connectivity index (χ0v) is 11.9. The van der Waals surface area contributed by atoms with Crippen LogP contribution in [-0.2, 0) is 5.75 Å². The SMILES string of the molecule is CSCc1ccc(C(=O)N2CC[C@@](C)(O)[C@@H](O)C2)o1. The van der Waals surface area contributed by atoms with Gasteiger partial charge in [0.2, 0.25) is 0 Å². The van der Waals surface area contributed by atoms with Gasteiger partial charge in [-0.3, -0.25) is 4.79 Å². The number of nitrogens with zero attached hydrogens (tertiary/aromatic N) is 1. The van der Waals surface area contributed by atoms with Gasteiger partial charge in [0.1, 0.15) is 5.76 Å². The quantitative estimate of drug-likeness (QED) is 0.870. The molecule has 2 N–H and O–H groups in total. The number of carbonyl (C=O) groups is 1. The van der Waals surface area contributed by atoms with E-state index >= 15 is 0 Å². The number of likely N-dealkylation sites (tertiary alicyclic amines) is 1. The van der Waals surface area contributed by atoms with E-state index in [2.05, 4.69) is 0 Å². The van der Waals surface area contributed by atoms with Crippen molar-refractivity contribution >= 4 is 17.7 Å². The molecule has 1 aliphatic rings. The van der Waals surface area contributed by atoms with Gasteiger partial charge in [-0.1, -0.05) is 0 Å². The van der Waals surface area contributed by atoms with Crippen molar-refractivity contribution in [3.05, 3.63) is 23.7 Å². The first-order valence-electron chi connectivity index (χ1n) is 6.21. The number of rotatable bonds is 3. The van der Waals surface area contributed by atoms with Crippen LogP contribution in [0.3, 0.4) is 0 Å². The van der Waals surface area contributed by atoms with Gasteiger partial charge in [-0.2, -0.15) is 11.8 Å². The summed E-state index contributed by atoms with van der Waals surface area (Å²) in [5.41, 5.74) is -1.12. The monoisotopic (exact) mass is 285 g/mol. The first kappa shape index (κ1) is 14.4. The number of β-amino-alcohol motifs (C(OH)–C–C–N with tert-alkyl or cyclic N) is 1. The van der Waals surface area contributed by atoms with Crippen LogP contribution in [0.15, 0.2) is 16.5 Å². The Kier molecular flexibility index (Phi) is 4.23. The van der Waals surface area contributed by atoms with E-state index in [0.29, 0.717) is 13.0 Å². The molecular weight excluding hydrogens is 266 g/mol. The van der Waals surface area contributed by atoms with Gasteiger partial charge in [0, 0.05) is 13.1 Å². The summed E-state index contributed by atoms with van der Waals surface area (Å²) in [6.07, 6.45) is 1.40. The Hall–Kier alpha value is -0.980. The summed E-state index contributed by atoms with van der Waals surface area (Å²) >= 11 is 1.62. The highest BCUT2D eigenvalue weighted by Crippen LogP contribution is 2.24. The fourth-order valence-electron chi connectivity index (χ4n) is 2.08. The van der Waals surface area contributed by atoms with Crippen LogP contribution in [0.5, 0.6) is 0 Å². The minimum absolute atomic E-state index is 0.129. The topological polar surface area (TPSA) is 73.9 Å². The van der Waals surface area contributed by atoms with Crippen molar-refractivity contribution in [2.45, 2.75) is 30.8 Å². The van der Waals surface area contributed by atoms with Gasteiger partial charge in [-0.05, 0) is 31.7 Å². The summed E-state index contributed by atoms with van der Waals surface area (Å²) in [5, 5.41) is 19.7. The van der Waals surface area contributed by atoms with Crippen LogP contribution >= 0.6 is 11.8 Å². The predicted molar refractivity (Wildman–Crippen MR) is 73.1 cm³/mol. The highest BCUT2D eigenvalue weighted by Gasteiger charge is 2.38. The van der Waals surface area contributed by atoms with Crippen LogP contribution in [-0.4, -0.2) is 52.1 Å². The molecule has 0 aromatic carbocycles. The molecule has 106 valence electrons. The second kappa shape index (κ2) is 5.56. The molecule has 19 heavy (non-hydrogen) atoms. The molecular formula is C13H19NO4S. The number of carbonyl (C=O) groups excluding carboxylic acids is 1. The van der Waals surface area contributed by atoms with E-state index in [1.54, 1.807) is 30.8 Å². The molecule has 6 heteroatoms. The van der Waals surface area contributed by atoms with E-state index < -0.39 is 11.7 Å². The van der Waals surface area contributed by atoms with E-state index in [4.69, 9.17) is 4.42 Å². The first-order valence-corrected chi connectivity index (χ1v) is 7.61. The van der Waals surface area contributed by atoms with E-state index in [0.717, 1.165) is 11.5 Å². The zero-order valence-electron chi connectivity index (χ0n) is 11.1. The summed E-state index contributed by atoms with van der Waals surface area (Å²) in [6, 6.07) is 3.45. The van der Waals surface area contributed by atoms with Crippen molar-refractivity contribution in [2.75, 3.05) is 19.3 Å². The lowest BCUT2D eigenvalue weighted by Crippen LogP contribution is -2.55. The maximum absolute atomic E-state index is 12.2. The molecule has 0 bridgehead atoms. The lowest BCUT2D eigenvalue weighted by molar-refractivity contribution is -0.100. The molecule has 2 rings (SSSR count). The number of hydrogen-bond acceptors (Lipinski definition) is 5. The van der Waals surface area contributed by atoms with Gasteiger partial charge in [0.15, 0.2) is 5.76 Å². The predicted octanol–water partition coefficient (Wildman–Crippen LogP) is 1.10. The number of piperidine rings is 1. The Labute approximate surface area is 116 Å².